The van der Waals surface area contributed by atoms with Crippen LogP contribution >= 0.6 is 0 Å². The Morgan fingerprint density at radius 1 is 0.718 bits per heavy atom. The van der Waals surface area contributed by atoms with Crippen molar-refractivity contribution in [3.63, 3.8) is 0 Å². The van der Waals surface area contributed by atoms with Gasteiger partial charge in [0.1, 0.15) is 11.4 Å². The predicted octanol–water partition coefficient (Wildman–Crippen LogP) is 7.43. The first-order valence-corrected chi connectivity index (χ1v) is 13.0. The second-order valence-electron chi connectivity index (χ2n) is 10.3. The Morgan fingerprint density at radius 3 is 1.69 bits per heavy atom. The Balaban J connectivity index is 1.87. The van der Waals surface area contributed by atoms with Crippen molar-refractivity contribution in [2.75, 3.05) is 0 Å². The fraction of sp³-hybridized carbons (Fsp3) is 0.206. The van der Waals surface area contributed by atoms with Crippen molar-refractivity contribution in [2.45, 2.75) is 44.8 Å². The highest BCUT2D eigenvalue weighted by molar-refractivity contribution is 6.13. The Bertz CT molecular complexity index is 1370. The number of Topliss-reactive ketones (excluding diaryl/α,β-unsaturated/α-hetero) is 1. The maximum atomic E-state index is 13.8. The number of rotatable bonds is 9. The lowest BCUT2D eigenvalue weighted by Crippen LogP contribution is -2.36. The van der Waals surface area contributed by atoms with E-state index in [1.54, 1.807) is 0 Å². The minimum absolute atomic E-state index is 0.0140. The summed E-state index contributed by atoms with van der Waals surface area (Å²) in [6.07, 6.45) is -0.0140. The highest BCUT2D eigenvalue weighted by atomic mass is 19.1. The second-order valence-corrected chi connectivity index (χ2v) is 10.3. The Hall–Kier alpha value is -4.38. The van der Waals surface area contributed by atoms with E-state index in [-0.39, 0.29) is 12.2 Å². The number of esters is 1. The van der Waals surface area contributed by atoms with Crippen molar-refractivity contribution in [1.82, 2.24) is 0 Å². The van der Waals surface area contributed by atoms with Gasteiger partial charge in [-0.3, -0.25) is 9.79 Å². The molecule has 4 rings (SSSR count). The van der Waals surface area contributed by atoms with Crippen molar-refractivity contribution < 1.29 is 18.7 Å². The number of ketones is 1. The minimum Gasteiger partial charge on any atom is -0.458 e. The maximum Gasteiger partial charge on any atom is 0.332 e. The van der Waals surface area contributed by atoms with Crippen LogP contribution in [-0.4, -0.2) is 29.1 Å². The van der Waals surface area contributed by atoms with E-state index in [1.165, 1.54) is 24.3 Å². The molecule has 0 unspecified atom stereocenters. The Morgan fingerprint density at radius 2 is 1.21 bits per heavy atom. The first-order chi connectivity index (χ1) is 18.7. The average molecular weight is 522 g/mol. The summed E-state index contributed by atoms with van der Waals surface area (Å²) in [7, 11) is 0. The van der Waals surface area contributed by atoms with Gasteiger partial charge in [0.25, 0.3) is 0 Å². The van der Waals surface area contributed by atoms with Crippen LogP contribution in [-0.2, 0) is 9.53 Å². The summed E-state index contributed by atoms with van der Waals surface area (Å²) < 4.78 is 19.4. The van der Waals surface area contributed by atoms with Gasteiger partial charge in [0.05, 0.1) is 5.71 Å². The summed E-state index contributed by atoms with van der Waals surface area (Å²) in [6, 6.07) is 33.1. The number of nitrogens with zero attached hydrogens (tertiary/aromatic N) is 1. The standard InChI is InChI=1S/C34H32FNO3/c1-34(2,3)39-33(38)32(36-31(26-15-9-5-10-16-26)27-17-11-6-12-18-27)29(24-13-7-4-8-14-24)23-30(37)25-19-21-28(35)22-20-25/h4-22,29,32H,23H2,1-3H3/t29-,32+/m1/s1. The molecule has 4 aromatic carbocycles. The monoisotopic (exact) mass is 521 g/mol. The summed E-state index contributed by atoms with van der Waals surface area (Å²) in [5.41, 5.74) is 2.71. The van der Waals surface area contributed by atoms with E-state index in [2.05, 4.69) is 0 Å². The zero-order chi connectivity index (χ0) is 27.8. The molecule has 0 heterocycles. The van der Waals surface area contributed by atoms with E-state index in [9.17, 15) is 14.0 Å². The highest BCUT2D eigenvalue weighted by Crippen LogP contribution is 2.31. The SMILES string of the molecule is CC(C)(C)OC(=O)[C@@H](N=C(c1ccccc1)c1ccccc1)[C@H](CC(=O)c1ccc(F)cc1)c1ccccc1. The molecule has 0 saturated heterocycles. The van der Waals surface area contributed by atoms with Gasteiger partial charge < -0.3 is 4.74 Å². The third-order valence-electron chi connectivity index (χ3n) is 6.19. The van der Waals surface area contributed by atoms with E-state index in [1.807, 2.05) is 112 Å². The maximum absolute atomic E-state index is 13.8. The molecule has 39 heavy (non-hydrogen) atoms. The lowest BCUT2D eigenvalue weighted by Gasteiger charge is -2.28. The third kappa shape index (κ3) is 7.57. The van der Waals surface area contributed by atoms with Crippen LogP contribution in [0.4, 0.5) is 4.39 Å². The second kappa shape index (κ2) is 12.4. The van der Waals surface area contributed by atoms with Gasteiger partial charge in [-0.1, -0.05) is 91.0 Å². The number of ether oxygens (including phenoxy) is 1. The molecule has 0 aliphatic heterocycles. The smallest absolute Gasteiger partial charge is 0.332 e. The van der Waals surface area contributed by atoms with E-state index in [0.29, 0.717) is 11.3 Å². The van der Waals surface area contributed by atoms with E-state index in [0.717, 1.165) is 16.7 Å². The van der Waals surface area contributed by atoms with Crippen LogP contribution in [0.15, 0.2) is 120 Å². The molecule has 2 atom stereocenters. The number of aliphatic imine (C=N–C) groups is 1. The van der Waals surface area contributed by atoms with Crippen molar-refractivity contribution >= 4 is 17.5 Å². The Labute approximate surface area is 229 Å². The fourth-order valence-corrected chi connectivity index (χ4v) is 4.38. The number of carbonyl (C=O) groups is 2. The van der Waals surface area contributed by atoms with Gasteiger partial charge in [0, 0.05) is 29.0 Å². The number of hydrogen-bond donors (Lipinski definition) is 0. The molecule has 0 aromatic heterocycles. The molecule has 0 aliphatic carbocycles. The molecule has 0 amide bonds. The quantitative estimate of drug-likeness (QED) is 0.131. The molecule has 0 bridgehead atoms. The first-order valence-electron chi connectivity index (χ1n) is 13.0. The van der Waals surface area contributed by atoms with Gasteiger partial charge in [-0.2, -0.15) is 0 Å². The van der Waals surface area contributed by atoms with Crippen molar-refractivity contribution in [3.8, 4) is 0 Å². The van der Waals surface area contributed by atoms with Gasteiger partial charge in [-0.15, -0.1) is 0 Å². The van der Waals surface area contributed by atoms with Gasteiger partial charge >= 0.3 is 5.97 Å². The molecule has 0 spiro atoms. The highest BCUT2D eigenvalue weighted by Gasteiger charge is 2.35. The van der Waals surface area contributed by atoms with Crippen LogP contribution in [0, 0.1) is 5.82 Å². The molecule has 0 N–H and O–H groups in total. The topological polar surface area (TPSA) is 55.7 Å². The van der Waals surface area contributed by atoms with Crippen LogP contribution in [0.5, 0.6) is 0 Å². The molecule has 4 nitrogen and oxygen atoms in total. The fourth-order valence-electron chi connectivity index (χ4n) is 4.38. The largest absolute Gasteiger partial charge is 0.458 e. The molecule has 0 saturated carbocycles. The van der Waals surface area contributed by atoms with Crippen molar-refractivity contribution in [1.29, 1.82) is 0 Å². The van der Waals surface area contributed by atoms with E-state index >= 15 is 0 Å². The average Bonchev–Trinajstić information content (AvgIpc) is 2.93. The van der Waals surface area contributed by atoms with Crippen LogP contribution in [0.25, 0.3) is 0 Å². The summed E-state index contributed by atoms with van der Waals surface area (Å²) in [5.74, 6) is -1.78. The van der Waals surface area contributed by atoms with Gasteiger partial charge in [-0.25, -0.2) is 9.18 Å². The molecule has 5 heteroatoms. The summed E-state index contributed by atoms with van der Waals surface area (Å²) in [6.45, 7) is 5.42. The molecular formula is C34H32FNO3. The molecule has 198 valence electrons. The summed E-state index contributed by atoms with van der Waals surface area (Å²) in [5, 5.41) is 0. The normalized spacial score (nSPS) is 12.7. The van der Waals surface area contributed by atoms with E-state index in [4.69, 9.17) is 9.73 Å². The van der Waals surface area contributed by atoms with Gasteiger partial charge in [-0.05, 0) is 50.6 Å². The zero-order valence-corrected chi connectivity index (χ0v) is 22.4. The van der Waals surface area contributed by atoms with Crippen LogP contribution in [0.3, 0.4) is 0 Å². The Kier molecular flexibility index (Phi) is 8.82. The van der Waals surface area contributed by atoms with Crippen LogP contribution in [0.1, 0.15) is 60.2 Å². The van der Waals surface area contributed by atoms with Crippen LogP contribution in [0.2, 0.25) is 0 Å². The molecule has 4 aromatic rings. The van der Waals surface area contributed by atoms with E-state index < -0.39 is 29.3 Å². The first kappa shape index (κ1) is 27.6. The molecule has 0 fully saturated rings. The summed E-state index contributed by atoms with van der Waals surface area (Å²) >= 11 is 0. The van der Waals surface area contributed by atoms with Gasteiger partial charge in [0.2, 0.25) is 0 Å². The van der Waals surface area contributed by atoms with Crippen molar-refractivity contribution in [3.05, 3.63) is 143 Å². The predicted molar refractivity (Wildman–Crippen MR) is 153 cm³/mol. The number of benzene rings is 4. The third-order valence-corrected chi connectivity index (χ3v) is 6.19. The zero-order valence-electron chi connectivity index (χ0n) is 22.4. The number of halogens is 1. The molecular weight excluding hydrogens is 489 g/mol. The molecule has 0 aliphatic rings. The van der Waals surface area contributed by atoms with Crippen LogP contribution < -0.4 is 0 Å². The number of carbonyl (C=O) groups excluding carboxylic acids is 2. The van der Waals surface area contributed by atoms with Crippen molar-refractivity contribution in [2.24, 2.45) is 4.99 Å². The van der Waals surface area contributed by atoms with Gasteiger partial charge in [0.15, 0.2) is 11.8 Å². The lowest BCUT2D eigenvalue weighted by atomic mass is 9.85. The number of hydrogen-bond acceptors (Lipinski definition) is 4. The molecule has 0 radical (unpaired) electrons. The lowest BCUT2D eigenvalue weighted by molar-refractivity contribution is -0.156. The minimum atomic E-state index is -1.02. The summed E-state index contributed by atoms with van der Waals surface area (Å²) in [4.78, 5) is 32.4.